The fourth-order valence-electron chi connectivity index (χ4n) is 2.63. The SMILES string of the molecule is c1ccc(C(NCCCC2CC2)c2ccccn2)cc1. The average molecular weight is 266 g/mol. The second-order valence-electron chi connectivity index (χ2n) is 5.64. The molecule has 1 saturated carbocycles. The molecule has 1 aromatic heterocycles. The summed E-state index contributed by atoms with van der Waals surface area (Å²) in [7, 11) is 0. The molecular formula is C18H22N2. The zero-order valence-corrected chi connectivity index (χ0v) is 11.8. The third-order valence-corrected chi connectivity index (χ3v) is 3.95. The van der Waals surface area contributed by atoms with Crippen LogP contribution in [-0.4, -0.2) is 11.5 Å². The van der Waals surface area contributed by atoms with Gasteiger partial charge in [0.1, 0.15) is 0 Å². The Kier molecular flexibility index (Phi) is 4.44. The first-order valence-electron chi connectivity index (χ1n) is 7.63. The molecule has 1 aromatic carbocycles. The van der Waals surface area contributed by atoms with E-state index in [4.69, 9.17) is 0 Å². The highest BCUT2D eigenvalue weighted by molar-refractivity contribution is 5.27. The Bertz CT molecular complexity index is 466. The van der Waals surface area contributed by atoms with Gasteiger partial charge in [0.05, 0.1) is 11.7 Å². The lowest BCUT2D eigenvalue weighted by Gasteiger charge is -2.18. The van der Waals surface area contributed by atoms with Crippen molar-refractivity contribution in [2.75, 3.05) is 6.54 Å². The molecule has 1 N–H and O–H groups in total. The van der Waals surface area contributed by atoms with Gasteiger partial charge in [-0.1, -0.05) is 49.2 Å². The van der Waals surface area contributed by atoms with E-state index >= 15 is 0 Å². The lowest BCUT2D eigenvalue weighted by molar-refractivity contribution is 0.545. The average Bonchev–Trinajstić information content (AvgIpc) is 3.33. The van der Waals surface area contributed by atoms with Gasteiger partial charge in [-0.2, -0.15) is 0 Å². The molecule has 0 radical (unpaired) electrons. The van der Waals surface area contributed by atoms with E-state index in [0.717, 1.165) is 18.2 Å². The first-order valence-corrected chi connectivity index (χ1v) is 7.63. The van der Waals surface area contributed by atoms with Crippen LogP contribution in [0, 0.1) is 5.92 Å². The predicted octanol–water partition coefficient (Wildman–Crippen LogP) is 3.95. The molecule has 0 spiro atoms. The second-order valence-corrected chi connectivity index (χ2v) is 5.64. The normalized spacial score (nSPS) is 16.0. The van der Waals surface area contributed by atoms with Gasteiger partial charge in [0.25, 0.3) is 0 Å². The molecule has 104 valence electrons. The molecule has 0 bridgehead atoms. The van der Waals surface area contributed by atoms with Crippen molar-refractivity contribution >= 4 is 0 Å². The van der Waals surface area contributed by atoms with Crippen molar-refractivity contribution in [2.45, 2.75) is 31.7 Å². The summed E-state index contributed by atoms with van der Waals surface area (Å²) in [5, 5.41) is 3.67. The van der Waals surface area contributed by atoms with Crippen LogP contribution in [-0.2, 0) is 0 Å². The fourth-order valence-corrected chi connectivity index (χ4v) is 2.63. The van der Waals surface area contributed by atoms with Gasteiger partial charge in [-0.15, -0.1) is 0 Å². The number of hydrogen-bond acceptors (Lipinski definition) is 2. The summed E-state index contributed by atoms with van der Waals surface area (Å²) in [5.74, 6) is 1.02. The molecule has 1 unspecified atom stereocenters. The molecule has 2 heteroatoms. The van der Waals surface area contributed by atoms with Crippen LogP contribution >= 0.6 is 0 Å². The van der Waals surface area contributed by atoms with Crippen molar-refractivity contribution in [3.63, 3.8) is 0 Å². The minimum atomic E-state index is 0.205. The molecule has 1 aliphatic rings. The smallest absolute Gasteiger partial charge is 0.0751 e. The quantitative estimate of drug-likeness (QED) is 0.768. The highest BCUT2D eigenvalue weighted by Gasteiger charge is 2.20. The molecule has 0 saturated heterocycles. The van der Waals surface area contributed by atoms with Crippen LogP contribution < -0.4 is 5.32 Å². The maximum absolute atomic E-state index is 4.52. The van der Waals surface area contributed by atoms with E-state index in [1.54, 1.807) is 0 Å². The van der Waals surface area contributed by atoms with Crippen LogP contribution in [0.25, 0.3) is 0 Å². The largest absolute Gasteiger partial charge is 0.305 e. The third kappa shape index (κ3) is 3.67. The lowest BCUT2D eigenvalue weighted by atomic mass is 10.0. The van der Waals surface area contributed by atoms with Crippen molar-refractivity contribution < 1.29 is 0 Å². The van der Waals surface area contributed by atoms with Crippen LogP contribution in [0.15, 0.2) is 54.7 Å². The van der Waals surface area contributed by atoms with E-state index in [1.807, 2.05) is 12.3 Å². The van der Waals surface area contributed by atoms with Crippen molar-refractivity contribution in [2.24, 2.45) is 5.92 Å². The number of benzene rings is 1. The summed E-state index contributed by atoms with van der Waals surface area (Å²) in [4.78, 5) is 4.52. The maximum atomic E-state index is 4.52. The Balaban J connectivity index is 1.66. The number of nitrogens with zero attached hydrogens (tertiary/aromatic N) is 1. The van der Waals surface area contributed by atoms with Gasteiger partial charge in [-0.3, -0.25) is 4.98 Å². The van der Waals surface area contributed by atoms with Gasteiger partial charge in [0.15, 0.2) is 0 Å². The summed E-state index contributed by atoms with van der Waals surface area (Å²) in [6.07, 6.45) is 7.40. The van der Waals surface area contributed by atoms with Gasteiger partial charge in [-0.05, 0) is 43.0 Å². The number of hydrogen-bond donors (Lipinski definition) is 1. The number of rotatable bonds is 7. The summed E-state index contributed by atoms with van der Waals surface area (Å²) in [5.41, 5.74) is 2.39. The molecule has 1 atom stereocenters. The molecule has 3 rings (SSSR count). The van der Waals surface area contributed by atoms with Crippen LogP contribution in [0.3, 0.4) is 0 Å². The Morgan fingerprint density at radius 2 is 1.85 bits per heavy atom. The number of pyridine rings is 1. The van der Waals surface area contributed by atoms with E-state index in [1.165, 1.54) is 31.2 Å². The van der Waals surface area contributed by atoms with Gasteiger partial charge in [0, 0.05) is 6.20 Å². The molecule has 1 heterocycles. The predicted molar refractivity (Wildman–Crippen MR) is 82.5 cm³/mol. The Hall–Kier alpha value is -1.67. The van der Waals surface area contributed by atoms with E-state index in [9.17, 15) is 0 Å². The van der Waals surface area contributed by atoms with Gasteiger partial charge >= 0.3 is 0 Å². The van der Waals surface area contributed by atoms with Crippen molar-refractivity contribution in [3.8, 4) is 0 Å². The zero-order valence-electron chi connectivity index (χ0n) is 11.8. The Labute approximate surface area is 121 Å². The number of aromatic nitrogens is 1. The molecule has 2 nitrogen and oxygen atoms in total. The summed E-state index contributed by atoms with van der Waals surface area (Å²) in [6, 6.07) is 16.9. The van der Waals surface area contributed by atoms with Gasteiger partial charge in [-0.25, -0.2) is 0 Å². The van der Waals surface area contributed by atoms with Gasteiger partial charge < -0.3 is 5.32 Å². The highest BCUT2D eigenvalue weighted by Crippen LogP contribution is 2.33. The monoisotopic (exact) mass is 266 g/mol. The molecule has 20 heavy (non-hydrogen) atoms. The van der Waals surface area contributed by atoms with Crippen molar-refractivity contribution in [1.82, 2.24) is 10.3 Å². The number of nitrogens with one attached hydrogen (secondary N) is 1. The Morgan fingerprint density at radius 3 is 2.55 bits per heavy atom. The van der Waals surface area contributed by atoms with E-state index in [2.05, 4.69) is 52.8 Å². The van der Waals surface area contributed by atoms with Crippen molar-refractivity contribution in [1.29, 1.82) is 0 Å². The fraction of sp³-hybridized carbons (Fsp3) is 0.389. The van der Waals surface area contributed by atoms with Crippen molar-refractivity contribution in [3.05, 3.63) is 66.0 Å². The molecule has 0 aliphatic heterocycles. The lowest BCUT2D eigenvalue weighted by Crippen LogP contribution is -2.24. The molecule has 2 aromatic rings. The standard InChI is InChI=1S/C18H22N2/c1-2-8-16(9-3-1)18(17-10-4-5-13-19-17)20-14-6-7-15-11-12-15/h1-5,8-10,13,15,18,20H,6-7,11-12,14H2. The van der Waals surface area contributed by atoms with Crippen LogP contribution in [0.2, 0.25) is 0 Å². The Morgan fingerprint density at radius 1 is 1.05 bits per heavy atom. The summed E-state index contributed by atoms with van der Waals surface area (Å²) >= 11 is 0. The van der Waals surface area contributed by atoms with E-state index in [-0.39, 0.29) is 6.04 Å². The minimum Gasteiger partial charge on any atom is -0.305 e. The summed E-state index contributed by atoms with van der Waals surface area (Å²) in [6.45, 7) is 1.06. The molecule has 0 amide bonds. The first kappa shape index (κ1) is 13.3. The van der Waals surface area contributed by atoms with Crippen LogP contribution in [0.1, 0.15) is 43.0 Å². The van der Waals surface area contributed by atoms with Gasteiger partial charge in [0.2, 0.25) is 0 Å². The summed E-state index contributed by atoms with van der Waals surface area (Å²) < 4.78 is 0. The topological polar surface area (TPSA) is 24.9 Å². The second kappa shape index (κ2) is 6.67. The van der Waals surface area contributed by atoms with Crippen LogP contribution in [0.4, 0.5) is 0 Å². The zero-order chi connectivity index (χ0) is 13.6. The van der Waals surface area contributed by atoms with E-state index < -0.39 is 0 Å². The van der Waals surface area contributed by atoms with Crippen LogP contribution in [0.5, 0.6) is 0 Å². The first-order chi connectivity index (χ1) is 9.93. The highest BCUT2D eigenvalue weighted by atomic mass is 14.9. The molecule has 1 fully saturated rings. The molecule has 1 aliphatic carbocycles. The minimum absolute atomic E-state index is 0.205. The van der Waals surface area contributed by atoms with E-state index in [0.29, 0.717) is 0 Å². The molecular weight excluding hydrogens is 244 g/mol. The third-order valence-electron chi connectivity index (χ3n) is 3.95. The maximum Gasteiger partial charge on any atom is 0.0751 e.